The molecule has 0 saturated heterocycles. The molecule has 0 saturated carbocycles. The van der Waals surface area contributed by atoms with Crippen LogP contribution in [0, 0.1) is 5.82 Å². The van der Waals surface area contributed by atoms with Crippen LogP contribution < -0.4 is 0 Å². The Bertz CT molecular complexity index is 615. The highest BCUT2D eigenvalue weighted by molar-refractivity contribution is 6.30. The van der Waals surface area contributed by atoms with Crippen LogP contribution in [-0.2, 0) is 6.42 Å². The van der Waals surface area contributed by atoms with Gasteiger partial charge in [-0.1, -0.05) is 35.9 Å². The molecule has 20 heavy (non-hydrogen) atoms. The van der Waals surface area contributed by atoms with Gasteiger partial charge in [-0.2, -0.15) is 0 Å². The molecule has 0 aliphatic heterocycles. The van der Waals surface area contributed by atoms with E-state index >= 15 is 0 Å². The van der Waals surface area contributed by atoms with Gasteiger partial charge in [0.2, 0.25) is 0 Å². The molecule has 0 aromatic heterocycles. The zero-order valence-electron chi connectivity index (χ0n) is 11.1. The van der Waals surface area contributed by atoms with E-state index in [0.29, 0.717) is 29.1 Å². The molecular weight excluding hydrogens is 277 g/mol. The van der Waals surface area contributed by atoms with Gasteiger partial charge in [0.1, 0.15) is 5.82 Å². The fourth-order valence-corrected chi connectivity index (χ4v) is 2.12. The van der Waals surface area contributed by atoms with Crippen LogP contribution in [0.5, 0.6) is 0 Å². The summed E-state index contributed by atoms with van der Waals surface area (Å²) in [4.78, 5) is 13.7. The Balaban J connectivity index is 2.00. The molecule has 2 aromatic rings. The predicted molar refractivity (Wildman–Crippen MR) is 78.5 cm³/mol. The second-order valence-electron chi connectivity index (χ2n) is 4.58. The number of likely N-dealkylation sites (N-methyl/N-ethyl adjacent to an activating group) is 1. The van der Waals surface area contributed by atoms with Crippen LogP contribution in [-0.4, -0.2) is 24.4 Å². The number of hydrogen-bond donors (Lipinski definition) is 0. The zero-order chi connectivity index (χ0) is 14.5. The maximum absolute atomic E-state index is 13.5. The Labute approximate surface area is 122 Å². The summed E-state index contributed by atoms with van der Waals surface area (Å²) in [5.41, 5.74) is 1.15. The van der Waals surface area contributed by atoms with Gasteiger partial charge in [0, 0.05) is 24.2 Å². The zero-order valence-corrected chi connectivity index (χ0v) is 11.9. The molecule has 2 rings (SSSR count). The summed E-state index contributed by atoms with van der Waals surface area (Å²) in [5, 5.41) is 0.526. The third-order valence-corrected chi connectivity index (χ3v) is 3.33. The molecule has 0 spiro atoms. The lowest BCUT2D eigenvalue weighted by molar-refractivity contribution is 0.0796. The first-order valence-electron chi connectivity index (χ1n) is 6.32. The van der Waals surface area contributed by atoms with E-state index < -0.39 is 0 Å². The van der Waals surface area contributed by atoms with Crippen molar-refractivity contribution in [3.63, 3.8) is 0 Å². The summed E-state index contributed by atoms with van der Waals surface area (Å²) >= 11 is 5.87. The van der Waals surface area contributed by atoms with Crippen molar-refractivity contribution in [1.29, 1.82) is 0 Å². The normalized spacial score (nSPS) is 10.3. The van der Waals surface area contributed by atoms with Gasteiger partial charge in [-0.15, -0.1) is 0 Å². The molecule has 2 aromatic carbocycles. The minimum absolute atomic E-state index is 0.121. The summed E-state index contributed by atoms with van der Waals surface area (Å²) in [6.45, 7) is 0.451. The van der Waals surface area contributed by atoms with Crippen molar-refractivity contribution in [1.82, 2.24) is 4.90 Å². The van der Waals surface area contributed by atoms with Crippen LogP contribution >= 0.6 is 11.6 Å². The van der Waals surface area contributed by atoms with E-state index in [-0.39, 0.29) is 11.7 Å². The Morgan fingerprint density at radius 2 is 1.95 bits per heavy atom. The minimum Gasteiger partial charge on any atom is -0.341 e. The molecule has 0 heterocycles. The van der Waals surface area contributed by atoms with Crippen LogP contribution in [0.3, 0.4) is 0 Å². The summed E-state index contributed by atoms with van der Waals surface area (Å²) in [6, 6.07) is 13.4. The van der Waals surface area contributed by atoms with Gasteiger partial charge < -0.3 is 4.90 Å². The average Bonchev–Trinajstić information content (AvgIpc) is 2.45. The molecule has 0 aliphatic rings. The number of amides is 1. The van der Waals surface area contributed by atoms with Crippen LogP contribution in [0.4, 0.5) is 4.39 Å². The maximum atomic E-state index is 13.5. The topological polar surface area (TPSA) is 20.3 Å². The summed E-state index contributed by atoms with van der Waals surface area (Å²) in [6.07, 6.45) is 0.482. The van der Waals surface area contributed by atoms with Gasteiger partial charge in [-0.25, -0.2) is 4.39 Å². The quantitative estimate of drug-likeness (QED) is 0.839. The molecule has 104 valence electrons. The largest absolute Gasteiger partial charge is 0.341 e. The number of hydrogen-bond acceptors (Lipinski definition) is 1. The van der Waals surface area contributed by atoms with Gasteiger partial charge in [-0.05, 0) is 36.2 Å². The molecule has 1 amide bonds. The number of halogens is 2. The highest BCUT2D eigenvalue weighted by Gasteiger charge is 2.12. The summed E-state index contributed by atoms with van der Waals surface area (Å²) in [5.74, 6) is -0.361. The van der Waals surface area contributed by atoms with E-state index in [0.717, 1.165) is 0 Å². The summed E-state index contributed by atoms with van der Waals surface area (Å²) < 4.78 is 13.5. The van der Waals surface area contributed by atoms with Gasteiger partial charge >= 0.3 is 0 Å². The molecule has 4 heteroatoms. The Kier molecular flexibility index (Phi) is 4.74. The monoisotopic (exact) mass is 291 g/mol. The third kappa shape index (κ3) is 3.58. The van der Waals surface area contributed by atoms with Crippen LogP contribution in [0.15, 0.2) is 48.5 Å². The predicted octanol–water partition coefficient (Wildman–Crippen LogP) is 3.79. The molecule has 0 N–H and O–H groups in total. The van der Waals surface area contributed by atoms with Crippen molar-refractivity contribution >= 4 is 17.5 Å². The van der Waals surface area contributed by atoms with Crippen LogP contribution in [0.2, 0.25) is 5.02 Å². The maximum Gasteiger partial charge on any atom is 0.253 e. The van der Waals surface area contributed by atoms with Crippen molar-refractivity contribution in [2.24, 2.45) is 0 Å². The molecule has 0 bridgehead atoms. The lowest BCUT2D eigenvalue weighted by atomic mass is 10.1. The molecule has 0 fully saturated rings. The number of nitrogens with zero attached hydrogens (tertiary/aromatic N) is 1. The molecule has 0 atom stereocenters. The van der Waals surface area contributed by atoms with Crippen molar-refractivity contribution in [2.75, 3.05) is 13.6 Å². The van der Waals surface area contributed by atoms with E-state index in [1.54, 1.807) is 54.4 Å². The molecule has 2 nitrogen and oxygen atoms in total. The first-order chi connectivity index (χ1) is 9.58. The lowest BCUT2D eigenvalue weighted by Crippen LogP contribution is -2.29. The average molecular weight is 292 g/mol. The van der Waals surface area contributed by atoms with Gasteiger partial charge in [0.05, 0.1) is 0 Å². The molecule has 0 unspecified atom stereocenters. The molecular formula is C16H15ClFNO. The Morgan fingerprint density at radius 3 is 2.65 bits per heavy atom. The second-order valence-corrected chi connectivity index (χ2v) is 5.01. The number of benzene rings is 2. The van der Waals surface area contributed by atoms with Gasteiger partial charge in [-0.3, -0.25) is 4.79 Å². The smallest absolute Gasteiger partial charge is 0.253 e. The lowest BCUT2D eigenvalue weighted by Gasteiger charge is -2.17. The van der Waals surface area contributed by atoms with Crippen molar-refractivity contribution < 1.29 is 9.18 Å². The fraction of sp³-hybridized carbons (Fsp3) is 0.188. The SMILES string of the molecule is CN(CCc1ccccc1F)C(=O)c1cccc(Cl)c1. The van der Waals surface area contributed by atoms with E-state index in [1.165, 1.54) is 6.07 Å². The third-order valence-electron chi connectivity index (χ3n) is 3.09. The van der Waals surface area contributed by atoms with Gasteiger partial charge in [0.15, 0.2) is 0 Å². The molecule has 0 radical (unpaired) electrons. The highest BCUT2D eigenvalue weighted by Crippen LogP contribution is 2.13. The molecule has 0 aliphatic carbocycles. The van der Waals surface area contributed by atoms with Crippen molar-refractivity contribution in [2.45, 2.75) is 6.42 Å². The van der Waals surface area contributed by atoms with E-state index in [2.05, 4.69) is 0 Å². The fourth-order valence-electron chi connectivity index (χ4n) is 1.93. The van der Waals surface area contributed by atoms with E-state index in [4.69, 9.17) is 11.6 Å². The van der Waals surface area contributed by atoms with Crippen molar-refractivity contribution in [3.8, 4) is 0 Å². The number of rotatable bonds is 4. The van der Waals surface area contributed by atoms with Crippen molar-refractivity contribution in [3.05, 3.63) is 70.5 Å². The highest BCUT2D eigenvalue weighted by atomic mass is 35.5. The Hall–Kier alpha value is -1.87. The Morgan fingerprint density at radius 1 is 1.20 bits per heavy atom. The standard InChI is InChI=1S/C16H15ClFNO/c1-19(10-9-12-5-2-3-8-15(12)18)16(20)13-6-4-7-14(17)11-13/h2-8,11H,9-10H2,1H3. The van der Waals surface area contributed by atoms with Crippen LogP contribution in [0.1, 0.15) is 15.9 Å². The van der Waals surface area contributed by atoms with Gasteiger partial charge in [0.25, 0.3) is 5.91 Å². The number of carbonyl (C=O) groups is 1. The first kappa shape index (κ1) is 14.5. The van der Waals surface area contributed by atoms with E-state index in [1.807, 2.05) is 0 Å². The van der Waals surface area contributed by atoms with Crippen LogP contribution in [0.25, 0.3) is 0 Å². The minimum atomic E-state index is -0.240. The number of carbonyl (C=O) groups excluding carboxylic acids is 1. The summed E-state index contributed by atoms with van der Waals surface area (Å²) in [7, 11) is 1.70. The van der Waals surface area contributed by atoms with E-state index in [9.17, 15) is 9.18 Å². The first-order valence-corrected chi connectivity index (χ1v) is 6.70. The second kappa shape index (κ2) is 6.53.